The van der Waals surface area contributed by atoms with Gasteiger partial charge < -0.3 is 10.5 Å². The summed E-state index contributed by atoms with van der Waals surface area (Å²) in [5.41, 5.74) is 7.17. The summed E-state index contributed by atoms with van der Waals surface area (Å²) in [7, 11) is 0. The number of ether oxygens (including phenoxy) is 1. The molecule has 0 amide bonds. The van der Waals surface area contributed by atoms with Crippen LogP contribution in [0.2, 0.25) is 0 Å². The van der Waals surface area contributed by atoms with E-state index in [1.807, 2.05) is 24.3 Å². The van der Waals surface area contributed by atoms with E-state index in [2.05, 4.69) is 11.1 Å². The van der Waals surface area contributed by atoms with Gasteiger partial charge >= 0.3 is 0 Å². The Labute approximate surface area is 113 Å². The van der Waals surface area contributed by atoms with E-state index < -0.39 is 0 Å². The van der Waals surface area contributed by atoms with Crippen LogP contribution in [0.4, 0.5) is 0 Å². The molecule has 1 aliphatic rings. The van der Waals surface area contributed by atoms with E-state index >= 15 is 0 Å². The summed E-state index contributed by atoms with van der Waals surface area (Å²) in [6.45, 7) is 0.600. The first-order chi connectivity index (χ1) is 9.33. The van der Waals surface area contributed by atoms with Crippen molar-refractivity contribution in [2.75, 3.05) is 6.61 Å². The first-order valence-corrected chi connectivity index (χ1v) is 7.06. The third kappa shape index (κ3) is 2.87. The van der Waals surface area contributed by atoms with Crippen LogP contribution < -0.4 is 10.5 Å². The Kier molecular flexibility index (Phi) is 3.65. The Hall–Kier alpha value is -1.61. The van der Waals surface area contributed by atoms with Crippen molar-refractivity contribution >= 4 is 10.9 Å². The van der Waals surface area contributed by atoms with Crippen molar-refractivity contribution in [3.8, 4) is 5.75 Å². The molecule has 3 heteroatoms. The van der Waals surface area contributed by atoms with Crippen molar-refractivity contribution in [2.45, 2.75) is 31.7 Å². The minimum atomic E-state index is 0.155. The van der Waals surface area contributed by atoms with Crippen LogP contribution in [0, 0.1) is 5.92 Å². The Morgan fingerprint density at radius 2 is 2.11 bits per heavy atom. The van der Waals surface area contributed by atoms with Gasteiger partial charge in [0.15, 0.2) is 0 Å². The molecule has 0 bridgehead atoms. The summed E-state index contributed by atoms with van der Waals surface area (Å²) < 4.78 is 5.82. The minimum Gasteiger partial charge on any atom is -0.492 e. The molecular weight excluding hydrogens is 236 g/mol. The molecular formula is C16H20N2O. The molecule has 2 N–H and O–H groups in total. The van der Waals surface area contributed by atoms with E-state index in [0.717, 1.165) is 16.7 Å². The highest BCUT2D eigenvalue weighted by molar-refractivity contribution is 5.79. The zero-order valence-electron chi connectivity index (χ0n) is 11.1. The SMILES string of the molecule is NC(COc1ccc2cccnc2c1)C1CCCC1. The highest BCUT2D eigenvalue weighted by Crippen LogP contribution is 2.27. The lowest BCUT2D eigenvalue weighted by atomic mass is 10.00. The van der Waals surface area contributed by atoms with Crippen LogP contribution in [0.15, 0.2) is 36.5 Å². The molecule has 19 heavy (non-hydrogen) atoms. The maximum atomic E-state index is 6.20. The van der Waals surface area contributed by atoms with E-state index in [-0.39, 0.29) is 6.04 Å². The molecule has 2 aromatic rings. The fourth-order valence-electron chi connectivity index (χ4n) is 2.85. The molecule has 1 heterocycles. The Morgan fingerprint density at radius 1 is 1.26 bits per heavy atom. The van der Waals surface area contributed by atoms with Gasteiger partial charge in [-0.05, 0) is 37.0 Å². The summed E-state index contributed by atoms with van der Waals surface area (Å²) in [4.78, 5) is 4.34. The fraction of sp³-hybridized carbons (Fsp3) is 0.438. The topological polar surface area (TPSA) is 48.1 Å². The number of nitrogens with zero attached hydrogens (tertiary/aromatic N) is 1. The third-order valence-corrected chi connectivity index (χ3v) is 4.03. The van der Waals surface area contributed by atoms with Crippen molar-refractivity contribution < 1.29 is 4.74 Å². The Balaban J connectivity index is 1.64. The predicted molar refractivity (Wildman–Crippen MR) is 77.2 cm³/mol. The Morgan fingerprint density at radius 3 is 2.95 bits per heavy atom. The number of benzene rings is 1. The van der Waals surface area contributed by atoms with Crippen molar-refractivity contribution in [3.63, 3.8) is 0 Å². The predicted octanol–water partition coefficient (Wildman–Crippen LogP) is 3.13. The number of fused-ring (bicyclic) bond motifs is 1. The maximum Gasteiger partial charge on any atom is 0.121 e. The van der Waals surface area contributed by atoms with Crippen molar-refractivity contribution in [1.29, 1.82) is 0 Å². The normalized spacial score (nSPS) is 17.7. The lowest BCUT2D eigenvalue weighted by molar-refractivity contribution is 0.247. The first-order valence-electron chi connectivity index (χ1n) is 7.06. The molecule has 1 atom stereocenters. The van der Waals surface area contributed by atoms with E-state index in [0.29, 0.717) is 12.5 Å². The summed E-state index contributed by atoms with van der Waals surface area (Å²) in [5, 5.41) is 1.13. The van der Waals surface area contributed by atoms with Gasteiger partial charge in [-0.1, -0.05) is 18.9 Å². The standard InChI is InChI=1S/C16H20N2O/c17-15(12-4-1-2-5-12)11-19-14-8-7-13-6-3-9-18-16(13)10-14/h3,6-10,12,15H,1-2,4-5,11,17H2. The van der Waals surface area contributed by atoms with Gasteiger partial charge in [-0.15, -0.1) is 0 Å². The van der Waals surface area contributed by atoms with Gasteiger partial charge in [-0.3, -0.25) is 4.98 Å². The van der Waals surface area contributed by atoms with Gasteiger partial charge in [0.05, 0.1) is 5.52 Å². The second kappa shape index (κ2) is 5.57. The molecule has 1 aliphatic carbocycles. The molecule has 3 nitrogen and oxygen atoms in total. The van der Waals surface area contributed by atoms with Crippen molar-refractivity contribution in [3.05, 3.63) is 36.5 Å². The molecule has 1 unspecified atom stereocenters. The smallest absolute Gasteiger partial charge is 0.121 e. The van der Waals surface area contributed by atoms with Crippen LogP contribution in [0.1, 0.15) is 25.7 Å². The molecule has 0 aliphatic heterocycles. The lowest BCUT2D eigenvalue weighted by Gasteiger charge is -2.19. The van der Waals surface area contributed by atoms with Crippen LogP contribution in [0.3, 0.4) is 0 Å². The van der Waals surface area contributed by atoms with Crippen LogP contribution in [0.5, 0.6) is 5.75 Å². The van der Waals surface area contributed by atoms with Crippen molar-refractivity contribution in [1.82, 2.24) is 4.98 Å². The molecule has 1 fully saturated rings. The van der Waals surface area contributed by atoms with Crippen LogP contribution in [-0.4, -0.2) is 17.6 Å². The van der Waals surface area contributed by atoms with Gasteiger partial charge in [-0.2, -0.15) is 0 Å². The number of nitrogens with two attached hydrogens (primary N) is 1. The number of hydrogen-bond acceptors (Lipinski definition) is 3. The summed E-state index contributed by atoms with van der Waals surface area (Å²) in [6.07, 6.45) is 6.94. The highest BCUT2D eigenvalue weighted by atomic mass is 16.5. The average molecular weight is 256 g/mol. The maximum absolute atomic E-state index is 6.20. The number of hydrogen-bond donors (Lipinski definition) is 1. The van der Waals surface area contributed by atoms with E-state index in [9.17, 15) is 0 Å². The fourth-order valence-corrected chi connectivity index (χ4v) is 2.85. The average Bonchev–Trinajstić information content (AvgIpc) is 2.99. The van der Waals surface area contributed by atoms with E-state index in [4.69, 9.17) is 10.5 Å². The number of aromatic nitrogens is 1. The van der Waals surface area contributed by atoms with Crippen LogP contribution >= 0.6 is 0 Å². The molecule has 1 aromatic heterocycles. The molecule has 3 rings (SSSR count). The summed E-state index contributed by atoms with van der Waals surface area (Å²) in [5.74, 6) is 1.50. The quantitative estimate of drug-likeness (QED) is 0.914. The Bertz CT molecular complexity index is 549. The monoisotopic (exact) mass is 256 g/mol. The summed E-state index contributed by atoms with van der Waals surface area (Å²) >= 11 is 0. The lowest BCUT2D eigenvalue weighted by Crippen LogP contribution is -2.34. The van der Waals surface area contributed by atoms with Gasteiger partial charge in [0.25, 0.3) is 0 Å². The zero-order valence-corrected chi connectivity index (χ0v) is 11.1. The van der Waals surface area contributed by atoms with Gasteiger partial charge in [0.1, 0.15) is 12.4 Å². The minimum absolute atomic E-state index is 0.155. The largest absolute Gasteiger partial charge is 0.492 e. The molecule has 1 aromatic carbocycles. The van der Waals surface area contributed by atoms with E-state index in [1.165, 1.54) is 25.7 Å². The van der Waals surface area contributed by atoms with Gasteiger partial charge in [0.2, 0.25) is 0 Å². The summed E-state index contributed by atoms with van der Waals surface area (Å²) in [6, 6.07) is 10.2. The van der Waals surface area contributed by atoms with Crippen molar-refractivity contribution in [2.24, 2.45) is 11.7 Å². The highest BCUT2D eigenvalue weighted by Gasteiger charge is 2.22. The molecule has 0 radical (unpaired) electrons. The molecule has 100 valence electrons. The number of rotatable bonds is 4. The molecule has 1 saturated carbocycles. The number of pyridine rings is 1. The molecule has 0 saturated heterocycles. The van der Waals surface area contributed by atoms with Gasteiger partial charge in [0, 0.05) is 23.7 Å². The van der Waals surface area contributed by atoms with Gasteiger partial charge in [-0.25, -0.2) is 0 Å². The second-order valence-corrected chi connectivity index (χ2v) is 5.38. The van der Waals surface area contributed by atoms with Crippen LogP contribution in [0.25, 0.3) is 10.9 Å². The van der Waals surface area contributed by atoms with E-state index in [1.54, 1.807) is 6.20 Å². The second-order valence-electron chi connectivity index (χ2n) is 5.38. The van der Waals surface area contributed by atoms with Crippen LogP contribution in [-0.2, 0) is 0 Å². The molecule has 0 spiro atoms. The zero-order chi connectivity index (χ0) is 13.1. The first kappa shape index (κ1) is 12.4. The third-order valence-electron chi connectivity index (χ3n) is 4.03.